The Morgan fingerprint density at radius 2 is 2.26 bits per heavy atom. The van der Waals surface area contributed by atoms with Crippen molar-refractivity contribution in [2.24, 2.45) is 0 Å². The Morgan fingerprint density at radius 3 is 2.89 bits per heavy atom. The van der Waals surface area contributed by atoms with E-state index in [2.05, 4.69) is 15.3 Å². The van der Waals surface area contributed by atoms with Gasteiger partial charge in [0, 0.05) is 6.20 Å². The molecule has 2 aromatic heterocycles. The summed E-state index contributed by atoms with van der Waals surface area (Å²) in [5.74, 6) is -0.448. The van der Waals surface area contributed by atoms with Crippen molar-refractivity contribution in [2.75, 3.05) is 7.11 Å². The van der Waals surface area contributed by atoms with Crippen LogP contribution in [0.1, 0.15) is 35.2 Å². The fraction of sp³-hybridized carbons (Fsp3) is 0.385. The maximum absolute atomic E-state index is 11.6. The number of pyridine rings is 1. The summed E-state index contributed by atoms with van der Waals surface area (Å²) in [7, 11) is 1.34. The molecule has 2 aromatic rings. The molecule has 100 valence electrons. The lowest BCUT2D eigenvalue weighted by Gasteiger charge is -2.06. The number of carbonyl (C=O) groups excluding carboxylic acids is 1. The fourth-order valence-electron chi connectivity index (χ4n) is 1.84. The SMILES string of the molecule is CCCc1c(C(=O)OC)nnn1Cc1ccccn1. The summed E-state index contributed by atoms with van der Waals surface area (Å²) in [5, 5.41) is 7.94. The summed E-state index contributed by atoms with van der Waals surface area (Å²) >= 11 is 0. The highest BCUT2D eigenvalue weighted by atomic mass is 16.5. The molecule has 0 aliphatic carbocycles. The normalized spacial score (nSPS) is 10.4. The zero-order chi connectivity index (χ0) is 13.7. The second kappa shape index (κ2) is 6.08. The number of hydrogen-bond donors (Lipinski definition) is 0. The molecule has 0 spiro atoms. The summed E-state index contributed by atoms with van der Waals surface area (Å²) in [6.07, 6.45) is 3.36. The molecule has 2 heterocycles. The van der Waals surface area contributed by atoms with Gasteiger partial charge < -0.3 is 4.74 Å². The summed E-state index contributed by atoms with van der Waals surface area (Å²) in [5.41, 5.74) is 1.96. The van der Waals surface area contributed by atoms with Crippen LogP contribution in [0, 0.1) is 0 Å². The Balaban J connectivity index is 2.30. The first-order valence-electron chi connectivity index (χ1n) is 6.16. The van der Waals surface area contributed by atoms with E-state index in [0.29, 0.717) is 12.2 Å². The molecular formula is C13H16N4O2. The van der Waals surface area contributed by atoms with Crippen LogP contribution in [-0.2, 0) is 17.7 Å². The van der Waals surface area contributed by atoms with Crippen LogP contribution in [0.15, 0.2) is 24.4 Å². The molecule has 0 amide bonds. The molecule has 6 heteroatoms. The van der Waals surface area contributed by atoms with Gasteiger partial charge in [0.2, 0.25) is 0 Å². The van der Waals surface area contributed by atoms with Gasteiger partial charge in [-0.05, 0) is 18.6 Å². The van der Waals surface area contributed by atoms with E-state index >= 15 is 0 Å². The molecule has 0 saturated heterocycles. The number of methoxy groups -OCH3 is 1. The van der Waals surface area contributed by atoms with E-state index in [4.69, 9.17) is 4.74 Å². The van der Waals surface area contributed by atoms with E-state index in [-0.39, 0.29) is 0 Å². The third kappa shape index (κ3) is 2.96. The van der Waals surface area contributed by atoms with Gasteiger partial charge in [-0.3, -0.25) is 4.98 Å². The van der Waals surface area contributed by atoms with Crippen LogP contribution in [-0.4, -0.2) is 33.1 Å². The Labute approximate surface area is 111 Å². The smallest absolute Gasteiger partial charge is 0.360 e. The molecule has 6 nitrogen and oxygen atoms in total. The lowest BCUT2D eigenvalue weighted by atomic mass is 10.2. The van der Waals surface area contributed by atoms with Gasteiger partial charge in [-0.25, -0.2) is 9.48 Å². The van der Waals surface area contributed by atoms with Crippen LogP contribution in [0.4, 0.5) is 0 Å². The molecule has 0 N–H and O–H groups in total. The van der Waals surface area contributed by atoms with Crippen molar-refractivity contribution in [1.82, 2.24) is 20.0 Å². The number of hydrogen-bond acceptors (Lipinski definition) is 5. The molecule has 19 heavy (non-hydrogen) atoms. The van der Waals surface area contributed by atoms with E-state index in [9.17, 15) is 4.79 Å². The van der Waals surface area contributed by atoms with Gasteiger partial charge in [-0.1, -0.05) is 24.6 Å². The molecule has 0 bridgehead atoms. The average molecular weight is 260 g/mol. The minimum absolute atomic E-state index is 0.292. The van der Waals surface area contributed by atoms with Crippen LogP contribution in [0.25, 0.3) is 0 Å². The van der Waals surface area contributed by atoms with E-state index in [0.717, 1.165) is 24.2 Å². The van der Waals surface area contributed by atoms with Crippen molar-refractivity contribution in [3.05, 3.63) is 41.5 Å². The number of rotatable bonds is 5. The average Bonchev–Trinajstić information content (AvgIpc) is 2.83. The van der Waals surface area contributed by atoms with Gasteiger partial charge in [-0.15, -0.1) is 5.10 Å². The number of nitrogens with zero attached hydrogens (tertiary/aromatic N) is 4. The predicted octanol–water partition coefficient (Wildman–Crippen LogP) is 1.46. The van der Waals surface area contributed by atoms with Crippen LogP contribution in [0.2, 0.25) is 0 Å². The standard InChI is InChI=1S/C13H16N4O2/c1-3-6-11-12(13(18)19-2)15-16-17(11)9-10-7-4-5-8-14-10/h4-5,7-8H,3,6,9H2,1-2H3. The summed E-state index contributed by atoms with van der Waals surface area (Å²) in [6, 6.07) is 5.69. The zero-order valence-electron chi connectivity index (χ0n) is 11.0. The number of aromatic nitrogens is 4. The molecule has 0 fully saturated rings. The molecule has 0 radical (unpaired) electrons. The minimum Gasteiger partial charge on any atom is -0.464 e. The Kier molecular flexibility index (Phi) is 4.22. The van der Waals surface area contributed by atoms with E-state index in [1.165, 1.54) is 7.11 Å². The molecular weight excluding hydrogens is 244 g/mol. The monoisotopic (exact) mass is 260 g/mol. The van der Waals surface area contributed by atoms with Gasteiger partial charge in [0.05, 0.1) is 25.0 Å². The second-order valence-electron chi connectivity index (χ2n) is 4.11. The Morgan fingerprint density at radius 1 is 1.42 bits per heavy atom. The van der Waals surface area contributed by atoms with E-state index < -0.39 is 5.97 Å². The van der Waals surface area contributed by atoms with E-state index in [1.807, 2.05) is 25.1 Å². The first-order valence-corrected chi connectivity index (χ1v) is 6.16. The van der Waals surface area contributed by atoms with Crippen molar-refractivity contribution in [1.29, 1.82) is 0 Å². The summed E-state index contributed by atoms with van der Waals surface area (Å²) in [6.45, 7) is 2.54. The quantitative estimate of drug-likeness (QED) is 0.761. The molecule has 0 aliphatic heterocycles. The number of esters is 1. The van der Waals surface area contributed by atoms with Gasteiger partial charge in [0.1, 0.15) is 0 Å². The number of ether oxygens (including phenoxy) is 1. The van der Waals surface area contributed by atoms with Crippen molar-refractivity contribution < 1.29 is 9.53 Å². The first kappa shape index (κ1) is 13.2. The highest BCUT2D eigenvalue weighted by molar-refractivity contribution is 5.88. The van der Waals surface area contributed by atoms with Crippen LogP contribution >= 0.6 is 0 Å². The van der Waals surface area contributed by atoms with Crippen molar-refractivity contribution in [3.63, 3.8) is 0 Å². The topological polar surface area (TPSA) is 69.9 Å². The fourth-order valence-corrected chi connectivity index (χ4v) is 1.84. The highest BCUT2D eigenvalue weighted by Crippen LogP contribution is 2.11. The zero-order valence-corrected chi connectivity index (χ0v) is 11.0. The van der Waals surface area contributed by atoms with Gasteiger partial charge in [0.25, 0.3) is 0 Å². The van der Waals surface area contributed by atoms with Gasteiger partial charge >= 0.3 is 5.97 Å². The second-order valence-corrected chi connectivity index (χ2v) is 4.11. The summed E-state index contributed by atoms with van der Waals surface area (Å²) in [4.78, 5) is 15.9. The molecule has 0 aliphatic rings. The third-order valence-corrected chi connectivity index (χ3v) is 2.74. The first-order chi connectivity index (χ1) is 9.26. The van der Waals surface area contributed by atoms with Gasteiger partial charge in [-0.2, -0.15) is 0 Å². The third-order valence-electron chi connectivity index (χ3n) is 2.74. The maximum Gasteiger partial charge on any atom is 0.360 e. The molecule has 0 unspecified atom stereocenters. The summed E-state index contributed by atoms with van der Waals surface area (Å²) < 4.78 is 6.42. The lowest BCUT2D eigenvalue weighted by Crippen LogP contribution is -2.11. The minimum atomic E-state index is -0.448. The Hall–Kier alpha value is -2.24. The number of carbonyl (C=O) groups is 1. The highest BCUT2D eigenvalue weighted by Gasteiger charge is 2.19. The van der Waals surface area contributed by atoms with Crippen molar-refractivity contribution in [3.8, 4) is 0 Å². The Bertz CT molecular complexity index is 551. The van der Waals surface area contributed by atoms with Crippen LogP contribution in [0.3, 0.4) is 0 Å². The molecule has 0 aromatic carbocycles. The van der Waals surface area contributed by atoms with Crippen molar-refractivity contribution in [2.45, 2.75) is 26.3 Å². The molecule has 0 atom stereocenters. The molecule has 2 rings (SSSR count). The van der Waals surface area contributed by atoms with Gasteiger partial charge in [0.15, 0.2) is 5.69 Å². The lowest BCUT2D eigenvalue weighted by molar-refractivity contribution is 0.0592. The van der Waals surface area contributed by atoms with Crippen LogP contribution in [0.5, 0.6) is 0 Å². The molecule has 0 saturated carbocycles. The predicted molar refractivity (Wildman–Crippen MR) is 68.7 cm³/mol. The van der Waals surface area contributed by atoms with Crippen molar-refractivity contribution >= 4 is 5.97 Å². The maximum atomic E-state index is 11.6. The largest absolute Gasteiger partial charge is 0.464 e. The van der Waals surface area contributed by atoms with E-state index in [1.54, 1.807) is 10.9 Å². The van der Waals surface area contributed by atoms with Crippen LogP contribution < -0.4 is 0 Å².